The van der Waals surface area contributed by atoms with Crippen LogP contribution in [0.1, 0.15) is 13.3 Å². The molecule has 0 amide bonds. The second-order valence-electron chi connectivity index (χ2n) is 5.35. The Kier molecular flexibility index (Phi) is 9.03. The van der Waals surface area contributed by atoms with Gasteiger partial charge in [-0.1, -0.05) is 6.92 Å². The number of halogens is 15. The van der Waals surface area contributed by atoms with Crippen LogP contribution in [0.5, 0.6) is 0 Å². The van der Waals surface area contributed by atoms with Crippen molar-refractivity contribution in [2.75, 3.05) is 6.61 Å². The molecule has 0 aliphatic heterocycles. The fourth-order valence-corrected chi connectivity index (χ4v) is 1.84. The zero-order chi connectivity index (χ0) is 23.2. The predicted octanol–water partition coefficient (Wildman–Crippen LogP) is 1.48. The molecule has 0 aliphatic rings. The van der Waals surface area contributed by atoms with Crippen LogP contribution in [-0.2, 0) is 4.74 Å². The number of rotatable bonds is 7. The molecule has 0 aromatic carbocycles. The molecule has 0 rings (SSSR count). The molecule has 0 bridgehead atoms. The summed E-state index contributed by atoms with van der Waals surface area (Å²) in [5.41, 5.74) is -7.84. The van der Waals surface area contributed by atoms with Crippen LogP contribution in [-0.4, -0.2) is 54.6 Å². The molecular formula is C11H8F15LiO2. The Morgan fingerprint density at radius 2 is 0.862 bits per heavy atom. The average Bonchev–Trinajstić information content (AvgIpc) is 2.38. The minimum atomic E-state index is -8.09. The van der Waals surface area contributed by atoms with Crippen molar-refractivity contribution >= 4 is 0 Å². The van der Waals surface area contributed by atoms with Crippen molar-refractivity contribution in [3.8, 4) is 0 Å². The third kappa shape index (κ3) is 4.87. The molecular weight excluding hydrogens is 456 g/mol. The van der Waals surface area contributed by atoms with Gasteiger partial charge in [-0.25, -0.2) is 0 Å². The van der Waals surface area contributed by atoms with Crippen LogP contribution in [0.4, 0.5) is 65.9 Å². The van der Waals surface area contributed by atoms with Gasteiger partial charge in [-0.3, -0.25) is 0 Å². The van der Waals surface area contributed by atoms with Crippen LogP contribution in [0.3, 0.4) is 0 Å². The summed E-state index contributed by atoms with van der Waals surface area (Å²) in [7, 11) is 0. The number of ether oxygens (including phenoxy) is 1. The van der Waals surface area contributed by atoms with Crippen LogP contribution in [0.15, 0.2) is 0 Å². The molecule has 1 atom stereocenters. The number of alkyl halides is 15. The zero-order valence-electron chi connectivity index (χ0n) is 14.0. The molecule has 0 aromatic rings. The van der Waals surface area contributed by atoms with Gasteiger partial charge in [-0.15, -0.1) is 6.10 Å². The Balaban J connectivity index is 0. The van der Waals surface area contributed by atoms with E-state index in [2.05, 4.69) is 4.74 Å². The van der Waals surface area contributed by atoms with Gasteiger partial charge in [0, 0.05) is 6.61 Å². The van der Waals surface area contributed by atoms with Crippen molar-refractivity contribution in [3.05, 3.63) is 0 Å². The molecule has 2 nitrogen and oxygen atoms in total. The standard InChI is InChI=1S/C11H8F15O2.Li/c1-4(27)2-3-28-5(6(12,13)9(18,19)20,7(14,15)10(21,22)23)8(16,17)11(24,25)26;/h4H,2-3H2,1H3;/q-1;+1. The summed E-state index contributed by atoms with van der Waals surface area (Å²) < 4.78 is 196. The first-order valence-corrected chi connectivity index (χ1v) is 6.55. The summed E-state index contributed by atoms with van der Waals surface area (Å²) in [6.07, 6.45) is -27.1. The van der Waals surface area contributed by atoms with Crippen molar-refractivity contribution < 1.29 is 94.6 Å². The smallest absolute Gasteiger partial charge is 0.852 e. The van der Waals surface area contributed by atoms with Gasteiger partial charge in [0.25, 0.3) is 5.60 Å². The van der Waals surface area contributed by atoms with E-state index >= 15 is 0 Å². The van der Waals surface area contributed by atoms with Gasteiger partial charge in [0.1, 0.15) is 0 Å². The first-order chi connectivity index (χ1) is 11.9. The predicted molar refractivity (Wildman–Crippen MR) is 55.8 cm³/mol. The Bertz CT molecular complexity index is 469. The summed E-state index contributed by atoms with van der Waals surface area (Å²) in [6.45, 7) is -1.93. The maximum atomic E-state index is 13.5. The van der Waals surface area contributed by atoms with E-state index in [0.717, 1.165) is 0 Å². The average molecular weight is 464 g/mol. The van der Waals surface area contributed by atoms with Crippen LogP contribution in [0.2, 0.25) is 0 Å². The topological polar surface area (TPSA) is 32.3 Å². The van der Waals surface area contributed by atoms with E-state index in [-0.39, 0.29) is 18.9 Å². The van der Waals surface area contributed by atoms with Crippen LogP contribution < -0.4 is 24.0 Å². The molecule has 0 aromatic heterocycles. The molecule has 29 heavy (non-hydrogen) atoms. The van der Waals surface area contributed by atoms with Gasteiger partial charge in [-0.05, 0) is 6.42 Å². The molecule has 0 heterocycles. The van der Waals surface area contributed by atoms with Gasteiger partial charge in [0.15, 0.2) is 0 Å². The second kappa shape index (κ2) is 8.54. The first kappa shape index (κ1) is 30.7. The summed E-state index contributed by atoms with van der Waals surface area (Å²) in [5, 5.41) is 10.6. The zero-order valence-corrected chi connectivity index (χ0v) is 14.0. The Labute approximate surface area is 163 Å². The van der Waals surface area contributed by atoms with Gasteiger partial charge < -0.3 is 9.84 Å². The van der Waals surface area contributed by atoms with Gasteiger partial charge in [-0.2, -0.15) is 65.9 Å². The van der Waals surface area contributed by atoms with Gasteiger partial charge in [0.05, 0.1) is 0 Å². The second-order valence-corrected chi connectivity index (χ2v) is 5.35. The maximum absolute atomic E-state index is 13.5. The molecule has 0 fully saturated rings. The van der Waals surface area contributed by atoms with Crippen molar-refractivity contribution in [2.45, 2.75) is 61.3 Å². The fraction of sp³-hybridized carbons (Fsp3) is 1.00. The molecule has 0 saturated heterocycles. The van der Waals surface area contributed by atoms with E-state index in [9.17, 15) is 71.0 Å². The van der Waals surface area contributed by atoms with Crippen molar-refractivity contribution in [1.29, 1.82) is 0 Å². The molecule has 0 spiro atoms. The van der Waals surface area contributed by atoms with Crippen LogP contribution >= 0.6 is 0 Å². The number of hydrogen-bond donors (Lipinski definition) is 0. The molecule has 0 N–H and O–H groups in total. The fourth-order valence-electron chi connectivity index (χ4n) is 1.84. The van der Waals surface area contributed by atoms with Crippen LogP contribution in [0.25, 0.3) is 0 Å². The maximum Gasteiger partial charge on any atom is 1.00 e. The minimum Gasteiger partial charge on any atom is -0.852 e. The molecule has 18 heteroatoms. The Morgan fingerprint density at radius 1 is 0.621 bits per heavy atom. The van der Waals surface area contributed by atoms with Crippen LogP contribution in [0, 0.1) is 0 Å². The summed E-state index contributed by atoms with van der Waals surface area (Å²) in [5.74, 6) is -24.3. The van der Waals surface area contributed by atoms with E-state index in [1.54, 1.807) is 0 Å². The summed E-state index contributed by atoms with van der Waals surface area (Å²) in [6, 6.07) is 0. The van der Waals surface area contributed by atoms with Crippen molar-refractivity contribution in [2.24, 2.45) is 0 Å². The van der Waals surface area contributed by atoms with E-state index < -0.39 is 61.0 Å². The van der Waals surface area contributed by atoms with Gasteiger partial charge in [0.2, 0.25) is 0 Å². The van der Waals surface area contributed by atoms with E-state index in [1.165, 1.54) is 0 Å². The number of hydrogen-bond acceptors (Lipinski definition) is 2. The quantitative estimate of drug-likeness (QED) is 0.423. The molecule has 0 saturated carbocycles. The molecule has 0 radical (unpaired) electrons. The van der Waals surface area contributed by atoms with E-state index in [4.69, 9.17) is 0 Å². The molecule has 1 unspecified atom stereocenters. The monoisotopic (exact) mass is 464 g/mol. The molecule has 0 aliphatic carbocycles. The van der Waals surface area contributed by atoms with Crippen molar-refractivity contribution in [1.82, 2.24) is 0 Å². The summed E-state index contributed by atoms with van der Waals surface area (Å²) >= 11 is 0. The van der Waals surface area contributed by atoms with Crippen molar-refractivity contribution in [3.63, 3.8) is 0 Å². The third-order valence-corrected chi connectivity index (χ3v) is 3.24. The SMILES string of the molecule is CC([O-])CCOC(C(F)(F)C(F)(F)F)(C(F)(F)C(F)(F)F)C(F)(F)C(F)(F)F.[Li+]. The summed E-state index contributed by atoms with van der Waals surface area (Å²) in [4.78, 5) is 0. The first-order valence-electron chi connectivity index (χ1n) is 6.55. The third-order valence-electron chi connectivity index (χ3n) is 3.24. The largest absolute Gasteiger partial charge is 1.00 e. The van der Waals surface area contributed by atoms with E-state index in [0.29, 0.717) is 6.92 Å². The Morgan fingerprint density at radius 3 is 1.03 bits per heavy atom. The normalized spacial score (nSPS) is 16.4. The molecule has 170 valence electrons. The van der Waals surface area contributed by atoms with E-state index in [1.807, 2.05) is 0 Å². The van der Waals surface area contributed by atoms with Gasteiger partial charge >= 0.3 is 55.2 Å². The minimum absolute atomic E-state index is 0. The Hall–Kier alpha value is -0.533.